The van der Waals surface area contributed by atoms with Crippen LogP contribution in [0, 0.1) is 11.7 Å². The van der Waals surface area contributed by atoms with E-state index in [1.165, 1.54) is 17.7 Å². The van der Waals surface area contributed by atoms with Crippen LogP contribution in [-0.4, -0.2) is 0 Å². The molecule has 1 unspecified atom stereocenters. The molecule has 0 N–H and O–H groups in total. The maximum absolute atomic E-state index is 13.4. The van der Waals surface area contributed by atoms with Gasteiger partial charge >= 0.3 is 0 Å². The van der Waals surface area contributed by atoms with Crippen LogP contribution < -0.4 is 0 Å². The SMILES string of the molecule is CC(C)Cc1ccc(C(Cl)c2cc(F)ccc2Br)cc1. The Morgan fingerprint density at radius 2 is 1.75 bits per heavy atom. The van der Waals surface area contributed by atoms with Crippen molar-refractivity contribution >= 4 is 27.5 Å². The standard InChI is InChI=1S/C17H17BrClF/c1-11(2)9-12-3-5-13(6-4-12)17(19)15-10-14(20)7-8-16(15)18/h3-8,10-11,17H,9H2,1-2H3. The van der Waals surface area contributed by atoms with Crippen molar-refractivity contribution in [3.8, 4) is 0 Å². The number of hydrogen-bond acceptors (Lipinski definition) is 0. The zero-order valence-corrected chi connectivity index (χ0v) is 13.9. The van der Waals surface area contributed by atoms with Gasteiger partial charge in [0.25, 0.3) is 0 Å². The quantitative estimate of drug-likeness (QED) is 0.580. The molecule has 0 aliphatic rings. The summed E-state index contributed by atoms with van der Waals surface area (Å²) in [6, 6.07) is 12.8. The highest BCUT2D eigenvalue weighted by Crippen LogP contribution is 2.34. The molecule has 0 amide bonds. The van der Waals surface area contributed by atoms with E-state index in [2.05, 4.69) is 41.9 Å². The second-order valence-electron chi connectivity index (χ2n) is 5.37. The third-order valence-electron chi connectivity index (χ3n) is 3.15. The molecule has 0 aliphatic carbocycles. The van der Waals surface area contributed by atoms with Crippen LogP contribution in [0.5, 0.6) is 0 Å². The fourth-order valence-electron chi connectivity index (χ4n) is 2.18. The molecule has 106 valence electrons. The van der Waals surface area contributed by atoms with E-state index in [1.54, 1.807) is 6.07 Å². The lowest BCUT2D eigenvalue weighted by Gasteiger charge is -2.13. The van der Waals surface area contributed by atoms with Crippen molar-refractivity contribution in [3.05, 3.63) is 69.4 Å². The smallest absolute Gasteiger partial charge is 0.123 e. The molecular weight excluding hydrogens is 339 g/mol. The molecule has 2 rings (SSSR count). The normalized spacial score (nSPS) is 12.7. The van der Waals surface area contributed by atoms with Gasteiger partial charge in [0.15, 0.2) is 0 Å². The highest BCUT2D eigenvalue weighted by molar-refractivity contribution is 9.10. The first-order valence-electron chi connectivity index (χ1n) is 6.65. The molecule has 0 saturated carbocycles. The molecule has 0 heterocycles. The van der Waals surface area contributed by atoms with Crippen molar-refractivity contribution in [3.63, 3.8) is 0 Å². The van der Waals surface area contributed by atoms with Crippen molar-refractivity contribution in [1.29, 1.82) is 0 Å². The number of halogens is 3. The number of alkyl halides is 1. The van der Waals surface area contributed by atoms with E-state index in [0.29, 0.717) is 5.92 Å². The average Bonchev–Trinajstić information content (AvgIpc) is 2.41. The summed E-state index contributed by atoms with van der Waals surface area (Å²) in [4.78, 5) is 0. The Bertz CT molecular complexity index is 578. The number of rotatable bonds is 4. The van der Waals surface area contributed by atoms with Crippen molar-refractivity contribution in [2.45, 2.75) is 25.6 Å². The summed E-state index contributed by atoms with van der Waals surface area (Å²) in [5.74, 6) is 0.357. The zero-order valence-electron chi connectivity index (χ0n) is 11.5. The highest BCUT2D eigenvalue weighted by atomic mass is 79.9. The minimum atomic E-state index is -0.354. The molecule has 1 atom stereocenters. The van der Waals surface area contributed by atoms with E-state index in [4.69, 9.17) is 11.6 Å². The minimum absolute atomic E-state index is 0.273. The Labute approximate surface area is 133 Å². The first kappa shape index (κ1) is 15.5. The summed E-state index contributed by atoms with van der Waals surface area (Å²) < 4.78 is 14.2. The molecule has 0 nitrogen and oxygen atoms in total. The maximum atomic E-state index is 13.4. The molecule has 2 aromatic carbocycles. The van der Waals surface area contributed by atoms with Gasteiger partial charge in [0.1, 0.15) is 5.82 Å². The fourth-order valence-corrected chi connectivity index (χ4v) is 3.12. The number of benzene rings is 2. The molecule has 0 saturated heterocycles. The Morgan fingerprint density at radius 3 is 2.35 bits per heavy atom. The lowest BCUT2D eigenvalue weighted by atomic mass is 9.99. The zero-order chi connectivity index (χ0) is 14.7. The van der Waals surface area contributed by atoms with E-state index >= 15 is 0 Å². The second kappa shape index (κ2) is 6.73. The summed E-state index contributed by atoms with van der Waals surface area (Å²) in [5, 5.41) is -0.354. The first-order chi connectivity index (χ1) is 9.47. The Kier molecular flexibility index (Phi) is 5.22. The summed E-state index contributed by atoms with van der Waals surface area (Å²) in [6.45, 7) is 4.39. The lowest BCUT2D eigenvalue weighted by Crippen LogP contribution is -1.98. The molecule has 20 heavy (non-hydrogen) atoms. The van der Waals surface area contributed by atoms with Crippen LogP contribution in [0.4, 0.5) is 4.39 Å². The van der Waals surface area contributed by atoms with Crippen LogP contribution in [0.1, 0.15) is 35.9 Å². The maximum Gasteiger partial charge on any atom is 0.123 e. The molecule has 0 spiro atoms. The summed E-state index contributed by atoms with van der Waals surface area (Å²) in [5.41, 5.74) is 3.03. The van der Waals surface area contributed by atoms with Gasteiger partial charge in [-0.2, -0.15) is 0 Å². The Balaban J connectivity index is 2.24. The van der Waals surface area contributed by atoms with Gasteiger partial charge in [0.2, 0.25) is 0 Å². The largest absolute Gasteiger partial charge is 0.207 e. The van der Waals surface area contributed by atoms with Gasteiger partial charge in [-0.3, -0.25) is 0 Å². The van der Waals surface area contributed by atoms with Crippen LogP contribution in [-0.2, 0) is 6.42 Å². The highest BCUT2D eigenvalue weighted by Gasteiger charge is 2.15. The van der Waals surface area contributed by atoms with Gasteiger partial charge in [-0.25, -0.2) is 4.39 Å². The predicted molar refractivity (Wildman–Crippen MR) is 86.8 cm³/mol. The first-order valence-corrected chi connectivity index (χ1v) is 7.88. The molecule has 0 bridgehead atoms. The third-order valence-corrected chi connectivity index (χ3v) is 4.36. The Hall–Kier alpha value is -0.860. The summed E-state index contributed by atoms with van der Waals surface area (Å²) in [7, 11) is 0. The van der Waals surface area contributed by atoms with Crippen molar-refractivity contribution in [2.24, 2.45) is 5.92 Å². The van der Waals surface area contributed by atoms with Crippen LogP contribution in [0.2, 0.25) is 0 Å². The van der Waals surface area contributed by atoms with E-state index < -0.39 is 0 Å². The van der Waals surface area contributed by atoms with Crippen molar-refractivity contribution < 1.29 is 4.39 Å². The van der Waals surface area contributed by atoms with Gasteiger partial charge in [-0.05, 0) is 47.2 Å². The molecule has 0 aromatic heterocycles. The van der Waals surface area contributed by atoms with Crippen LogP contribution in [0.25, 0.3) is 0 Å². The molecule has 0 aliphatic heterocycles. The monoisotopic (exact) mass is 354 g/mol. The summed E-state index contributed by atoms with van der Waals surface area (Å²) >= 11 is 9.89. The molecular formula is C17H17BrClF. The van der Waals surface area contributed by atoms with E-state index in [0.717, 1.165) is 22.0 Å². The van der Waals surface area contributed by atoms with E-state index in [-0.39, 0.29) is 11.2 Å². The predicted octanol–water partition coefficient (Wildman–Crippen LogP) is 6.11. The van der Waals surface area contributed by atoms with Crippen LogP contribution >= 0.6 is 27.5 Å². The Morgan fingerprint density at radius 1 is 1.10 bits per heavy atom. The average molecular weight is 356 g/mol. The van der Waals surface area contributed by atoms with Gasteiger partial charge in [0, 0.05) is 4.47 Å². The molecule has 0 fully saturated rings. The lowest BCUT2D eigenvalue weighted by molar-refractivity contribution is 0.625. The van der Waals surface area contributed by atoms with Crippen molar-refractivity contribution in [1.82, 2.24) is 0 Å². The van der Waals surface area contributed by atoms with Crippen molar-refractivity contribution in [2.75, 3.05) is 0 Å². The van der Waals surface area contributed by atoms with Gasteiger partial charge in [-0.15, -0.1) is 11.6 Å². The van der Waals surface area contributed by atoms with E-state index in [9.17, 15) is 4.39 Å². The van der Waals surface area contributed by atoms with Crippen LogP contribution in [0.3, 0.4) is 0 Å². The van der Waals surface area contributed by atoms with Gasteiger partial charge < -0.3 is 0 Å². The molecule has 2 aromatic rings. The van der Waals surface area contributed by atoms with Gasteiger partial charge in [-0.1, -0.05) is 54.0 Å². The molecule has 0 radical (unpaired) electrons. The summed E-state index contributed by atoms with van der Waals surface area (Å²) in [6.07, 6.45) is 1.05. The van der Waals surface area contributed by atoms with Crippen LogP contribution in [0.15, 0.2) is 46.9 Å². The minimum Gasteiger partial charge on any atom is -0.207 e. The van der Waals surface area contributed by atoms with E-state index in [1.807, 2.05) is 12.1 Å². The topological polar surface area (TPSA) is 0 Å². The second-order valence-corrected chi connectivity index (χ2v) is 6.66. The molecule has 3 heteroatoms. The third kappa shape index (κ3) is 3.83. The van der Waals surface area contributed by atoms with Gasteiger partial charge in [0.05, 0.1) is 5.38 Å². The fraction of sp³-hybridized carbons (Fsp3) is 0.294. The number of hydrogen-bond donors (Lipinski definition) is 0.